The van der Waals surface area contributed by atoms with E-state index in [2.05, 4.69) is 31.6 Å². The Balaban J connectivity index is 1.44. The van der Waals surface area contributed by atoms with Crippen LogP contribution in [0.1, 0.15) is 43.2 Å². The van der Waals surface area contributed by atoms with Gasteiger partial charge in [0.1, 0.15) is 0 Å². The summed E-state index contributed by atoms with van der Waals surface area (Å²) in [5.41, 5.74) is 2.20. The molecule has 29 heavy (non-hydrogen) atoms. The Hall–Kier alpha value is -2.72. The lowest BCUT2D eigenvalue weighted by Crippen LogP contribution is -2.49. The second kappa shape index (κ2) is 8.75. The third-order valence-electron chi connectivity index (χ3n) is 6.12. The summed E-state index contributed by atoms with van der Waals surface area (Å²) < 4.78 is 14.3. The van der Waals surface area contributed by atoms with E-state index in [9.17, 15) is 9.65 Å². The smallest absolute Gasteiger partial charge is 0.229 e. The number of benzene rings is 1. The van der Waals surface area contributed by atoms with E-state index < -0.39 is 5.82 Å². The van der Waals surface area contributed by atoms with Crippen LogP contribution in [0.15, 0.2) is 24.4 Å². The summed E-state index contributed by atoms with van der Waals surface area (Å²) in [7, 11) is 0. The van der Waals surface area contributed by atoms with Crippen molar-refractivity contribution >= 4 is 17.5 Å². The van der Waals surface area contributed by atoms with Gasteiger partial charge in [0.15, 0.2) is 11.6 Å². The number of halogens is 1. The van der Waals surface area contributed by atoms with Crippen molar-refractivity contribution in [3.63, 3.8) is 0 Å². The molecule has 0 radical (unpaired) electrons. The fraction of sp³-hybridized carbons (Fsp3) is 0.500. The van der Waals surface area contributed by atoms with Crippen molar-refractivity contribution < 1.29 is 4.39 Å². The molecule has 0 amide bonds. The molecule has 2 N–H and O–H groups in total. The van der Waals surface area contributed by atoms with Crippen LogP contribution in [0.4, 0.5) is 21.8 Å². The number of nitriles is 1. The maximum atomic E-state index is 14.3. The topological polar surface area (TPSA) is 76.9 Å². The molecule has 0 spiro atoms. The Morgan fingerprint density at radius 1 is 1.24 bits per heavy atom. The molecule has 1 aromatic heterocycles. The molecule has 2 fully saturated rings. The third-order valence-corrected chi connectivity index (χ3v) is 6.12. The van der Waals surface area contributed by atoms with Gasteiger partial charge in [-0.3, -0.25) is 0 Å². The molecule has 2 aliphatic heterocycles. The third kappa shape index (κ3) is 4.48. The molecule has 2 aromatic rings. The van der Waals surface area contributed by atoms with Crippen molar-refractivity contribution in [3.05, 3.63) is 41.3 Å². The van der Waals surface area contributed by atoms with E-state index in [0.29, 0.717) is 29.2 Å². The highest BCUT2D eigenvalue weighted by atomic mass is 19.1. The molecule has 4 rings (SSSR count). The van der Waals surface area contributed by atoms with Crippen LogP contribution in [0.3, 0.4) is 0 Å². The minimum Gasteiger partial charge on any atom is -0.367 e. The average Bonchev–Trinajstić information content (AvgIpc) is 2.75. The predicted molar refractivity (Wildman–Crippen MR) is 112 cm³/mol. The van der Waals surface area contributed by atoms with Crippen LogP contribution in [0.5, 0.6) is 0 Å². The fourth-order valence-corrected chi connectivity index (χ4v) is 4.54. The van der Waals surface area contributed by atoms with E-state index in [1.165, 1.54) is 51.4 Å². The van der Waals surface area contributed by atoms with Gasteiger partial charge in [-0.15, -0.1) is 0 Å². The van der Waals surface area contributed by atoms with Crippen molar-refractivity contribution in [1.82, 2.24) is 14.9 Å². The van der Waals surface area contributed by atoms with Crippen LogP contribution < -0.4 is 10.6 Å². The number of anilines is 3. The zero-order valence-corrected chi connectivity index (χ0v) is 16.8. The molecule has 0 bridgehead atoms. The van der Waals surface area contributed by atoms with Crippen molar-refractivity contribution in [1.29, 1.82) is 5.26 Å². The van der Waals surface area contributed by atoms with Gasteiger partial charge in [0.05, 0.1) is 17.8 Å². The molecule has 0 unspecified atom stereocenters. The van der Waals surface area contributed by atoms with Gasteiger partial charge >= 0.3 is 0 Å². The molecular formula is C22H27FN6. The van der Waals surface area contributed by atoms with Gasteiger partial charge in [-0.05, 0) is 69.3 Å². The lowest BCUT2D eigenvalue weighted by Gasteiger charge is -2.44. The highest BCUT2D eigenvalue weighted by Crippen LogP contribution is 2.31. The number of rotatable bonds is 5. The summed E-state index contributed by atoms with van der Waals surface area (Å²) in [6.45, 7) is 4.99. The first-order valence-corrected chi connectivity index (χ1v) is 10.4. The first-order valence-electron chi connectivity index (χ1n) is 10.4. The fourth-order valence-electron chi connectivity index (χ4n) is 4.54. The maximum absolute atomic E-state index is 14.3. The Kier molecular flexibility index (Phi) is 5.91. The van der Waals surface area contributed by atoms with Gasteiger partial charge in [-0.1, -0.05) is 12.5 Å². The first-order chi connectivity index (χ1) is 14.1. The van der Waals surface area contributed by atoms with Crippen molar-refractivity contribution in [2.24, 2.45) is 5.92 Å². The number of aryl methyl sites for hydroxylation is 1. The van der Waals surface area contributed by atoms with Crippen LogP contribution in [-0.2, 0) is 0 Å². The Bertz CT molecular complexity index is 907. The number of hydrogen-bond acceptors (Lipinski definition) is 6. The first kappa shape index (κ1) is 19.6. The summed E-state index contributed by atoms with van der Waals surface area (Å²) >= 11 is 0. The molecule has 1 aromatic carbocycles. The molecule has 0 aliphatic carbocycles. The van der Waals surface area contributed by atoms with Crippen molar-refractivity contribution in [3.8, 4) is 6.07 Å². The Morgan fingerprint density at radius 2 is 2.10 bits per heavy atom. The Labute approximate surface area is 171 Å². The Morgan fingerprint density at radius 3 is 2.97 bits per heavy atom. The van der Waals surface area contributed by atoms with Gasteiger partial charge in [-0.2, -0.15) is 10.2 Å². The number of nitrogens with zero attached hydrogens (tertiary/aromatic N) is 4. The molecule has 0 saturated carbocycles. The maximum Gasteiger partial charge on any atom is 0.229 e. The number of aromatic nitrogens is 2. The van der Waals surface area contributed by atoms with Crippen LogP contribution in [-0.4, -0.2) is 40.5 Å². The second-order valence-corrected chi connectivity index (χ2v) is 8.04. The number of fused-ring (bicyclic) bond motifs is 1. The number of nitrogens with one attached hydrogen (secondary N) is 2. The van der Waals surface area contributed by atoms with Gasteiger partial charge in [0, 0.05) is 18.3 Å². The highest BCUT2D eigenvalue weighted by molar-refractivity contribution is 5.59. The van der Waals surface area contributed by atoms with E-state index in [1.807, 2.05) is 19.1 Å². The minimum atomic E-state index is -0.450. The molecule has 2 saturated heterocycles. The van der Waals surface area contributed by atoms with Crippen LogP contribution in [0.25, 0.3) is 0 Å². The van der Waals surface area contributed by atoms with E-state index in [1.54, 1.807) is 6.07 Å². The molecule has 6 nitrogen and oxygen atoms in total. The zero-order chi connectivity index (χ0) is 20.2. The minimum absolute atomic E-state index is 0.225. The average molecular weight is 394 g/mol. The number of piperidine rings is 2. The molecule has 152 valence electrons. The van der Waals surface area contributed by atoms with Crippen LogP contribution >= 0.6 is 0 Å². The largest absolute Gasteiger partial charge is 0.367 e. The molecule has 3 heterocycles. The SMILES string of the molecule is Cc1ccc(Nc2ncc(F)c(NC[C@@H]3CCCN4CCCC[C@H]34)n2)cc1C#N. The van der Waals surface area contributed by atoms with Crippen LogP contribution in [0.2, 0.25) is 0 Å². The standard InChI is InChI=1S/C22H27FN6/c1-15-7-8-18(11-17(15)12-24)27-22-26-14-19(23)21(28-22)25-13-16-5-4-10-29-9-3-2-6-20(16)29/h7-8,11,14,16,20H,2-6,9-10,13H2,1H3,(H2,25,26,27,28)/t16-,20+/m0/s1. The lowest BCUT2D eigenvalue weighted by molar-refractivity contribution is 0.0648. The van der Waals surface area contributed by atoms with Gasteiger partial charge in [0.25, 0.3) is 0 Å². The predicted octanol–water partition coefficient (Wildman–Crippen LogP) is 4.22. The quantitative estimate of drug-likeness (QED) is 0.791. The molecule has 2 aliphatic rings. The zero-order valence-electron chi connectivity index (χ0n) is 16.8. The molecule has 2 atom stereocenters. The second-order valence-electron chi connectivity index (χ2n) is 8.04. The lowest BCUT2D eigenvalue weighted by atomic mass is 9.83. The van der Waals surface area contributed by atoms with Crippen molar-refractivity contribution in [2.45, 2.75) is 45.1 Å². The van der Waals surface area contributed by atoms with E-state index >= 15 is 0 Å². The van der Waals surface area contributed by atoms with Crippen molar-refractivity contribution in [2.75, 3.05) is 30.3 Å². The summed E-state index contributed by atoms with van der Waals surface area (Å²) in [4.78, 5) is 11.0. The van der Waals surface area contributed by atoms with Gasteiger partial charge in [0.2, 0.25) is 5.95 Å². The summed E-state index contributed by atoms with van der Waals surface area (Å²) in [5.74, 6) is 0.603. The summed E-state index contributed by atoms with van der Waals surface area (Å²) in [5, 5.41) is 15.5. The highest BCUT2D eigenvalue weighted by Gasteiger charge is 2.32. The van der Waals surface area contributed by atoms with E-state index in [-0.39, 0.29) is 5.82 Å². The summed E-state index contributed by atoms with van der Waals surface area (Å²) in [6, 6.07) is 8.23. The van der Waals surface area contributed by atoms with Gasteiger partial charge < -0.3 is 15.5 Å². The monoisotopic (exact) mass is 394 g/mol. The molecular weight excluding hydrogens is 367 g/mol. The summed E-state index contributed by atoms with van der Waals surface area (Å²) in [6.07, 6.45) is 7.38. The molecule has 7 heteroatoms. The van der Waals surface area contributed by atoms with Crippen LogP contribution in [0, 0.1) is 30.0 Å². The number of hydrogen-bond donors (Lipinski definition) is 2. The normalized spacial score (nSPS) is 21.8. The van der Waals surface area contributed by atoms with Gasteiger partial charge in [-0.25, -0.2) is 9.37 Å². The van der Waals surface area contributed by atoms with E-state index in [0.717, 1.165) is 12.1 Å². The van der Waals surface area contributed by atoms with E-state index in [4.69, 9.17) is 0 Å².